The van der Waals surface area contributed by atoms with E-state index >= 15 is 0 Å². The molecule has 2 aliphatic heterocycles. The first-order chi connectivity index (χ1) is 15.1. The van der Waals surface area contributed by atoms with Gasteiger partial charge in [-0.25, -0.2) is 15.0 Å². The number of nitrogens with zero attached hydrogens (tertiary/aromatic N) is 5. The minimum absolute atomic E-state index is 0.0496. The van der Waals surface area contributed by atoms with Crippen molar-refractivity contribution in [3.8, 4) is 11.4 Å². The number of anilines is 1. The van der Waals surface area contributed by atoms with E-state index in [0.29, 0.717) is 31.2 Å². The lowest BCUT2D eigenvalue weighted by molar-refractivity contribution is -0.0967. The van der Waals surface area contributed by atoms with Gasteiger partial charge >= 0.3 is 0 Å². The molecular formula is C23H26N6O2. The van der Waals surface area contributed by atoms with Crippen molar-refractivity contribution in [1.29, 1.82) is 0 Å². The predicted molar refractivity (Wildman–Crippen MR) is 117 cm³/mol. The number of H-pyrrole nitrogens is 1. The number of aromatic nitrogens is 4. The maximum absolute atomic E-state index is 13.1. The summed E-state index contributed by atoms with van der Waals surface area (Å²) < 4.78 is 6.30. The van der Waals surface area contributed by atoms with Gasteiger partial charge in [0.15, 0.2) is 0 Å². The van der Waals surface area contributed by atoms with Gasteiger partial charge in [0.25, 0.3) is 5.91 Å². The number of ether oxygens (including phenoxy) is 1. The summed E-state index contributed by atoms with van der Waals surface area (Å²) in [5.74, 6) is 1.54. The van der Waals surface area contributed by atoms with Crippen molar-refractivity contribution in [3.05, 3.63) is 59.7 Å². The fourth-order valence-corrected chi connectivity index (χ4v) is 4.44. The topological polar surface area (TPSA) is 87.2 Å². The Kier molecular flexibility index (Phi) is 4.94. The van der Waals surface area contributed by atoms with E-state index in [1.807, 2.05) is 54.4 Å². The molecule has 0 bridgehead atoms. The van der Waals surface area contributed by atoms with E-state index in [9.17, 15) is 4.79 Å². The Morgan fingerprint density at radius 3 is 2.61 bits per heavy atom. The number of likely N-dealkylation sites (tertiary alicyclic amines) is 1. The number of carbonyl (C=O) groups excluding carboxylic acids is 1. The highest BCUT2D eigenvalue weighted by atomic mass is 16.5. The molecule has 8 heteroatoms. The molecule has 31 heavy (non-hydrogen) atoms. The molecule has 0 aliphatic carbocycles. The Bertz CT molecular complexity index is 1070. The van der Waals surface area contributed by atoms with Gasteiger partial charge in [0.05, 0.1) is 12.3 Å². The second kappa shape index (κ2) is 7.77. The lowest BCUT2D eigenvalue weighted by atomic mass is 9.83. The van der Waals surface area contributed by atoms with Gasteiger partial charge < -0.3 is 19.5 Å². The van der Waals surface area contributed by atoms with E-state index in [1.165, 1.54) is 0 Å². The van der Waals surface area contributed by atoms with Crippen LogP contribution >= 0.6 is 0 Å². The molecule has 1 amide bonds. The fraction of sp³-hybridized carbons (Fsp3) is 0.391. The number of hydrogen-bond acceptors (Lipinski definition) is 6. The Labute approximate surface area is 181 Å². The molecule has 0 unspecified atom stereocenters. The zero-order valence-corrected chi connectivity index (χ0v) is 17.8. The summed E-state index contributed by atoms with van der Waals surface area (Å²) in [6, 6.07) is 7.59. The van der Waals surface area contributed by atoms with E-state index in [-0.39, 0.29) is 5.91 Å². The van der Waals surface area contributed by atoms with Crippen LogP contribution in [0.1, 0.15) is 34.5 Å². The molecule has 1 aromatic carbocycles. The number of imidazole rings is 1. The Hall–Kier alpha value is -3.26. The van der Waals surface area contributed by atoms with E-state index in [2.05, 4.69) is 15.0 Å². The molecule has 0 atom stereocenters. The summed E-state index contributed by atoms with van der Waals surface area (Å²) in [7, 11) is 3.88. The van der Waals surface area contributed by atoms with Crippen molar-refractivity contribution in [2.45, 2.75) is 24.9 Å². The molecule has 2 aliphatic rings. The standard InChI is InChI=1S/C23H26N6O2/c1-28(2)22-26-15-18-7-14-31-23(19(18)27-22)8-12-29(13-9-23)21(30)17-5-3-16(4-6-17)20-24-10-11-25-20/h3-6,10-11,15H,7-9,12-14H2,1-2H3,(H,24,25). The van der Waals surface area contributed by atoms with Gasteiger partial charge in [-0.3, -0.25) is 4.79 Å². The molecule has 5 rings (SSSR count). The normalized spacial score (nSPS) is 17.4. The first-order valence-corrected chi connectivity index (χ1v) is 10.6. The smallest absolute Gasteiger partial charge is 0.253 e. The third-order valence-electron chi connectivity index (χ3n) is 6.19. The van der Waals surface area contributed by atoms with Crippen molar-refractivity contribution in [3.63, 3.8) is 0 Å². The van der Waals surface area contributed by atoms with Crippen molar-refractivity contribution in [1.82, 2.24) is 24.8 Å². The second-order valence-electron chi connectivity index (χ2n) is 8.34. The average Bonchev–Trinajstić information content (AvgIpc) is 3.34. The van der Waals surface area contributed by atoms with Crippen LogP contribution in [0.5, 0.6) is 0 Å². The molecule has 160 valence electrons. The van der Waals surface area contributed by atoms with Crippen LogP contribution in [0.4, 0.5) is 5.95 Å². The van der Waals surface area contributed by atoms with E-state index < -0.39 is 5.60 Å². The minimum Gasteiger partial charge on any atom is -0.368 e. The van der Waals surface area contributed by atoms with Gasteiger partial charge in [-0.1, -0.05) is 12.1 Å². The molecule has 0 saturated carbocycles. The van der Waals surface area contributed by atoms with E-state index in [1.54, 1.807) is 12.4 Å². The van der Waals surface area contributed by atoms with Crippen LogP contribution in [-0.2, 0) is 16.8 Å². The first kappa shape index (κ1) is 19.7. The van der Waals surface area contributed by atoms with Gasteiger partial charge in [0, 0.05) is 56.9 Å². The number of rotatable bonds is 3. The highest BCUT2D eigenvalue weighted by molar-refractivity contribution is 5.94. The van der Waals surface area contributed by atoms with Crippen LogP contribution in [0.25, 0.3) is 11.4 Å². The molecular weight excluding hydrogens is 392 g/mol. The molecule has 1 fully saturated rings. The molecule has 1 spiro atoms. The highest BCUT2D eigenvalue weighted by Crippen LogP contribution is 2.41. The Morgan fingerprint density at radius 2 is 1.94 bits per heavy atom. The van der Waals surface area contributed by atoms with Crippen molar-refractivity contribution < 1.29 is 9.53 Å². The maximum atomic E-state index is 13.1. The maximum Gasteiger partial charge on any atom is 0.253 e. The molecule has 4 heterocycles. The Morgan fingerprint density at radius 1 is 1.16 bits per heavy atom. The summed E-state index contributed by atoms with van der Waals surface area (Å²) in [4.78, 5) is 33.5. The first-order valence-electron chi connectivity index (χ1n) is 10.6. The number of nitrogens with one attached hydrogen (secondary N) is 1. The van der Waals surface area contributed by atoms with Crippen molar-refractivity contribution >= 4 is 11.9 Å². The molecule has 1 N–H and O–H groups in total. The lowest BCUT2D eigenvalue weighted by Crippen LogP contribution is -2.49. The zero-order valence-electron chi connectivity index (χ0n) is 17.8. The SMILES string of the molecule is CN(C)c1ncc2c(n1)C1(CCN(C(=O)c3ccc(-c4ncc[nH]4)cc3)CC1)OCC2. The van der Waals surface area contributed by atoms with Crippen LogP contribution in [0.15, 0.2) is 42.9 Å². The number of carbonyl (C=O) groups is 1. The largest absolute Gasteiger partial charge is 0.368 e. The van der Waals surface area contributed by atoms with E-state index in [4.69, 9.17) is 9.72 Å². The van der Waals surface area contributed by atoms with Crippen LogP contribution in [0.2, 0.25) is 0 Å². The summed E-state index contributed by atoms with van der Waals surface area (Å²) >= 11 is 0. The number of aromatic amines is 1. The minimum atomic E-state index is -0.429. The second-order valence-corrected chi connectivity index (χ2v) is 8.34. The molecule has 3 aromatic rings. The predicted octanol–water partition coefficient (Wildman–Crippen LogP) is 2.64. The zero-order chi connectivity index (χ0) is 21.4. The average molecular weight is 419 g/mol. The van der Waals surface area contributed by atoms with Crippen LogP contribution < -0.4 is 4.90 Å². The molecule has 8 nitrogen and oxygen atoms in total. The summed E-state index contributed by atoms with van der Waals surface area (Å²) in [6.07, 6.45) is 7.74. The number of piperidine rings is 1. The molecule has 0 radical (unpaired) electrons. The molecule has 2 aromatic heterocycles. The van der Waals surface area contributed by atoms with Gasteiger partial charge in [0.1, 0.15) is 11.4 Å². The van der Waals surface area contributed by atoms with Gasteiger partial charge in [0.2, 0.25) is 5.95 Å². The monoisotopic (exact) mass is 418 g/mol. The van der Waals surface area contributed by atoms with Crippen LogP contribution in [-0.4, -0.2) is 64.5 Å². The quantitative estimate of drug-likeness (QED) is 0.704. The van der Waals surface area contributed by atoms with Gasteiger partial charge in [-0.2, -0.15) is 0 Å². The van der Waals surface area contributed by atoms with Gasteiger partial charge in [-0.05, 0) is 37.0 Å². The van der Waals surface area contributed by atoms with Crippen LogP contribution in [0, 0.1) is 0 Å². The number of hydrogen-bond donors (Lipinski definition) is 1. The highest BCUT2D eigenvalue weighted by Gasteiger charge is 2.43. The third kappa shape index (κ3) is 3.57. The number of fused-ring (bicyclic) bond motifs is 2. The summed E-state index contributed by atoms with van der Waals surface area (Å²) in [5, 5.41) is 0. The summed E-state index contributed by atoms with van der Waals surface area (Å²) in [6.45, 7) is 1.94. The number of benzene rings is 1. The van der Waals surface area contributed by atoms with Crippen molar-refractivity contribution in [2.24, 2.45) is 0 Å². The van der Waals surface area contributed by atoms with E-state index in [0.717, 1.165) is 41.9 Å². The van der Waals surface area contributed by atoms with Gasteiger partial charge in [-0.15, -0.1) is 0 Å². The Balaban J connectivity index is 1.32. The van der Waals surface area contributed by atoms with Crippen LogP contribution in [0.3, 0.4) is 0 Å². The molecule has 1 saturated heterocycles. The summed E-state index contributed by atoms with van der Waals surface area (Å²) in [5.41, 5.74) is 3.37. The fourth-order valence-electron chi connectivity index (χ4n) is 4.44. The lowest BCUT2D eigenvalue weighted by Gasteiger charge is -2.44. The van der Waals surface area contributed by atoms with Crippen molar-refractivity contribution in [2.75, 3.05) is 38.7 Å². The number of amides is 1. The third-order valence-corrected chi connectivity index (χ3v) is 6.19.